The van der Waals surface area contributed by atoms with Crippen LogP contribution in [0.1, 0.15) is 190 Å². The van der Waals surface area contributed by atoms with Crippen molar-refractivity contribution in [2.75, 3.05) is 37.1 Å². The van der Waals surface area contributed by atoms with Gasteiger partial charge in [-0.2, -0.15) is 23.5 Å². The van der Waals surface area contributed by atoms with E-state index in [1.165, 1.54) is 47.8 Å². The number of hydrogen-bond donors (Lipinski definition) is 29. The van der Waals surface area contributed by atoms with Crippen molar-refractivity contribution in [1.82, 2.24) is 90.4 Å². The van der Waals surface area contributed by atoms with Crippen molar-refractivity contribution in [3.63, 3.8) is 0 Å². The number of carbonyl (C=O) groups is 21. The lowest BCUT2D eigenvalue weighted by atomic mass is 9.96. The van der Waals surface area contributed by atoms with Crippen molar-refractivity contribution in [3.8, 4) is 5.75 Å². The van der Waals surface area contributed by atoms with E-state index in [4.69, 9.17) is 39.5 Å². The van der Waals surface area contributed by atoms with Gasteiger partial charge in [-0.1, -0.05) is 73.9 Å². The maximum Gasteiger partial charge on any atom is 0.326 e. The highest BCUT2D eigenvalue weighted by Gasteiger charge is 2.41. The first kappa shape index (κ1) is 121. The van der Waals surface area contributed by atoms with Crippen LogP contribution in [0.3, 0.4) is 0 Å². The molecule has 1 aromatic rings. The Hall–Kier alpha value is -12.9. The average molecular weight is 1970 g/mol. The summed E-state index contributed by atoms with van der Waals surface area (Å²) in [7, 11) is 0. The number of carbonyl (C=O) groups excluding carboxylic acids is 17. The maximum atomic E-state index is 14.6. The minimum Gasteiger partial charge on any atom is -0.508 e. The number of carboxylic acids is 4. The van der Waals surface area contributed by atoms with Crippen LogP contribution in [0.2, 0.25) is 0 Å². The number of guanidine groups is 2. The number of phenols is 1. The second-order valence-electron chi connectivity index (χ2n) is 33.9. The van der Waals surface area contributed by atoms with Gasteiger partial charge in [0.1, 0.15) is 96.4 Å². The lowest BCUT2D eigenvalue weighted by Crippen LogP contribution is -2.61. The van der Waals surface area contributed by atoms with Gasteiger partial charge in [0, 0.05) is 38.8 Å². The Morgan fingerprint density at radius 2 is 0.662 bits per heavy atom. The third-order valence-electron chi connectivity index (χ3n) is 20.7. The molecule has 764 valence electrons. The van der Waals surface area contributed by atoms with Gasteiger partial charge in [0.2, 0.25) is 100 Å². The molecule has 1 aromatic carbocycles. The van der Waals surface area contributed by atoms with Crippen molar-refractivity contribution in [1.29, 1.82) is 10.8 Å². The number of hydrogen-bond acceptors (Lipinski definition) is 27. The molecule has 0 fully saturated rings. The van der Waals surface area contributed by atoms with Crippen LogP contribution in [-0.2, 0) is 107 Å². The molecule has 0 aliphatic carbocycles. The third-order valence-corrected chi connectivity index (χ3v) is 22.0. The van der Waals surface area contributed by atoms with Gasteiger partial charge >= 0.3 is 23.9 Å². The summed E-state index contributed by atoms with van der Waals surface area (Å²) >= 11 is 2.57. The molecule has 0 saturated carbocycles. The molecule has 1 rings (SSSR count). The van der Waals surface area contributed by atoms with Gasteiger partial charge in [-0.05, 0) is 156 Å². The Labute approximate surface area is 796 Å². The number of phenolic OH excluding ortho intramolecular Hbond substituents is 1. The fraction of sp³-hybridized carbons (Fsp3) is 0.655. The zero-order chi connectivity index (χ0) is 104. The Morgan fingerprint density at radius 1 is 0.346 bits per heavy atom. The summed E-state index contributed by atoms with van der Waals surface area (Å²) in [6.45, 7) is 15.6. The minimum absolute atomic E-state index is 0.0284. The molecule has 0 radical (unpaired) electrons. The zero-order valence-electron chi connectivity index (χ0n) is 78.6. The molecule has 52 heteroatoms. The molecule has 0 heterocycles. The number of nitrogens with two attached hydrogens (primary N) is 5. The molecule has 0 aliphatic rings. The highest BCUT2D eigenvalue weighted by atomic mass is 32.2. The number of rotatable bonds is 68. The summed E-state index contributed by atoms with van der Waals surface area (Å²) in [6, 6.07) is -20.6. The van der Waals surface area contributed by atoms with Crippen LogP contribution in [0.25, 0.3) is 0 Å². The van der Waals surface area contributed by atoms with E-state index in [0.29, 0.717) is 12.2 Å². The van der Waals surface area contributed by atoms with Gasteiger partial charge in [-0.3, -0.25) is 107 Å². The molecule has 0 aliphatic heterocycles. The molecule has 17 amide bonds. The Morgan fingerprint density at radius 3 is 1.04 bits per heavy atom. The Bertz CT molecular complexity index is 4270. The number of amides is 17. The second-order valence-corrected chi connectivity index (χ2v) is 35.9. The van der Waals surface area contributed by atoms with Gasteiger partial charge in [-0.25, -0.2) is 4.79 Å². The number of carboxylic acid groups (broad SMARTS) is 4. The number of thioether (sulfide) groups is 2. The van der Waals surface area contributed by atoms with Crippen LogP contribution in [0.5, 0.6) is 5.75 Å². The quantitative estimate of drug-likeness (QED) is 0.0164. The molecule has 0 aromatic heterocycles. The average Bonchev–Trinajstić information content (AvgIpc) is 0.843. The van der Waals surface area contributed by atoms with E-state index in [2.05, 4.69) is 90.4 Å². The first-order chi connectivity index (χ1) is 63.6. The smallest absolute Gasteiger partial charge is 0.326 e. The monoisotopic (exact) mass is 1960 g/mol. The van der Waals surface area contributed by atoms with E-state index < -0.39 is 302 Å². The van der Waals surface area contributed by atoms with E-state index in [9.17, 15) is 126 Å². The zero-order valence-corrected chi connectivity index (χ0v) is 80.3. The number of aromatic hydroxyl groups is 1. The lowest BCUT2D eigenvalue weighted by molar-refractivity contribution is -0.143. The Kier molecular flexibility index (Phi) is 56.4. The maximum absolute atomic E-state index is 14.6. The topological polar surface area (TPSA) is 842 Å². The number of primary amides is 2. The largest absolute Gasteiger partial charge is 0.508 e. The van der Waals surface area contributed by atoms with Gasteiger partial charge in [0.25, 0.3) is 0 Å². The fourth-order valence-electron chi connectivity index (χ4n) is 13.1. The SMILES string of the molecule is CCC(C)C(NC(=O)C(CC(N)=O)NC(=O)C(CCSC)NC(=O)C(N)CCCNC(=N)N)C(=O)NC(CCC(N)=O)C(=O)NC(CCSC)C(=O)NC(CC(C)C)C(=O)NC(CC(C)C)C(=O)NC(CCC(=O)O)C(=O)NC(C)C(=O)NC(C)C(=O)NC(CC(=O)O)C(=O)NC(Cc1ccc(O)cc1)C(=O)NC(CC(C)C)C(=O)NC(CCC(=O)O)C(=O)NC(CCCNC(=N)N)C(=O)O. The standard InChI is InChI=1S/C84H140N24O26S2/c1-13-43(8)66(108-80(131)59(38-62(87)111)107-73(124)52(28-32-135-11)96-69(120)48(85)16-14-30-92-83(88)89)81(132)100-49(22-25-61(86)110)71(122)99-53(29-33-136-12)74(125)103-57(36-42(6)7)77(128)104-55(34-40(2)3)75(126)97-50(23-26-63(112)113)70(121)95-44(9)67(118)94-45(10)68(119)102-60(39-65(116)117)79(130)106-58(37-46-18-20-47(109)21-19-46)78(129)105-56(35-41(4)5)76(127)98-51(24-27-64(114)115)72(123)101-54(82(133)134)17-15-31-93-84(90)91/h18-21,40-45,48-60,66,109H,13-17,22-39,85H2,1-12H3,(H2,86,110)(H2,87,111)(H,94,118)(H,95,121)(H,96,120)(H,97,126)(H,98,127)(H,99,122)(H,100,132)(H,101,123)(H,102,119)(H,103,125)(H,104,128)(H,105,129)(H,106,130)(H,107,124)(H,108,131)(H,112,113)(H,114,115)(H,116,117)(H,133,134)(H4,88,89,92)(H4,90,91,93). The van der Waals surface area contributed by atoms with Gasteiger partial charge in [-0.15, -0.1) is 0 Å². The summed E-state index contributed by atoms with van der Waals surface area (Å²) in [5.41, 5.74) is 28.0. The molecule has 0 saturated heterocycles. The summed E-state index contributed by atoms with van der Waals surface area (Å²) < 4.78 is 0. The van der Waals surface area contributed by atoms with Crippen LogP contribution in [-0.4, -0.2) is 296 Å². The van der Waals surface area contributed by atoms with Crippen molar-refractivity contribution < 1.29 is 126 Å². The molecular formula is C84H140N24O26S2. The summed E-state index contributed by atoms with van der Waals surface area (Å²) in [4.78, 5) is 286. The van der Waals surface area contributed by atoms with E-state index >= 15 is 0 Å². The molecule has 136 heavy (non-hydrogen) atoms. The van der Waals surface area contributed by atoms with Crippen molar-refractivity contribution in [3.05, 3.63) is 29.8 Å². The van der Waals surface area contributed by atoms with Crippen LogP contribution >= 0.6 is 23.5 Å². The number of aliphatic carboxylic acids is 4. The van der Waals surface area contributed by atoms with Gasteiger partial charge in [0.05, 0.1) is 18.9 Å². The first-order valence-corrected chi connectivity index (χ1v) is 47.1. The lowest BCUT2D eigenvalue weighted by Gasteiger charge is -2.30. The number of nitrogens with one attached hydrogen (secondary N) is 19. The van der Waals surface area contributed by atoms with E-state index in [-0.39, 0.29) is 99.8 Å². The summed E-state index contributed by atoms with van der Waals surface area (Å²) in [5.74, 6) is -26.4. The molecule has 50 nitrogen and oxygen atoms in total. The summed E-state index contributed by atoms with van der Waals surface area (Å²) in [6.07, 6.45) is -2.77. The number of benzene rings is 1. The third kappa shape index (κ3) is 49.4. The van der Waals surface area contributed by atoms with Crippen LogP contribution in [0, 0.1) is 34.5 Å². The second kappa shape index (κ2) is 63.4. The van der Waals surface area contributed by atoms with Crippen LogP contribution in [0.4, 0.5) is 0 Å². The fourth-order valence-corrected chi connectivity index (χ4v) is 14.1. The van der Waals surface area contributed by atoms with Crippen LogP contribution in [0.15, 0.2) is 24.3 Å². The first-order valence-electron chi connectivity index (χ1n) is 44.3. The molecular weight excluding hydrogens is 1830 g/mol. The van der Waals surface area contributed by atoms with Crippen molar-refractivity contribution in [2.24, 2.45) is 52.3 Å². The molecule has 0 spiro atoms. The van der Waals surface area contributed by atoms with E-state index in [1.807, 2.05) is 0 Å². The molecule has 0 bridgehead atoms. The minimum atomic E-state index is -2.06. The molecule has 34 N–H and O–H groups in total. The van der Waals surface area contributed by atoms with E-state index in [1.54, 1.807) is 67.9 Å². The van der Waals surface area contributed by atoms with E-state index in [0.717, 1.165) is 13.8 Å². The summed E-state index contributed by atoms with van der Waals surface area (Å²) in [5, 5.41) is 106. The van der Waals surface area contributed by atoms with Gasteiger partial charge < -0.3 is 145 Å². The Balaban J connectivity index is 3.64. The molecule has 17 unspecified atom stereocenters. The highest BCUT2D eigenvalue weighted by Crippen LogP contribution is 2.19. The normalized spacial score (nSPS) is 14.9. The van der Waals surface area contributed by atoms with Crippen molar-refractivity contribution in [2.45, 2.75) is 288 Å². The van der Waals surface area contributed by atoms with Gasteiger partial charge in [0.15, 0.2) is 11.9 Å². The molecule has 17 atom stereocenters. The van der Waals surface area contributed by atoms with Crippen LogP contribution < -0.4 is 119 Å². The van der Waals surface area contributed by atoms with Crippen molar-refractivity contribution >= 4 is 160 Å². The predicted octanol–water partition coefficient (Wildman–Crippen LogP) is -5.78. The predicted molar refractivity (Wildman–Crippen MR) is 498 cm³/mol. The highest BCUT2D eigenvalue weighted by molar-refractivity contribution is 7.98.